The van der Waals surface area contributed by atoms with Gasteiger partial charge in [-0.1, -0.05) is 12.1 Å². The Morgan fingerprint density at radius 1 is 1.22 bits per heavy atom. The number of halogens is 3. The van der Waals surface area contributed by atoms with Gasteiger partial charge in [-0.15, -0.1) is 0 Å². The lowest BCUT2D eigenvalue weighted by Gasteiger charge is -2.18. The van der Waals surface area contributed by atoms with Crippen LogP contribution in [0, 0.1) is 0 Å². The van der Waals surface area contributed by atoms with E-state index in [1.54, 1.807) is 13.1 Å². The summed E-state index contributed by atoms with van der Waals surface area (Å²) in [4.78, 5) is 14.2. The van der Waals surface area contributed by atoms with Crippen molar-refractivity contribution in [2.24, 2.45) is 0 Å². The van der Waals surface area contributed by atoms with Gasteiger partial charge in [-0.3, -0.25) is 4.79 Å². The van der Waals surface area contributed by atoms with E-state index in [4.69, 9.17) is 4.74 Å². The summed E-state index contributed by atoms with van der Waals surface area (Å²) >= 11 is 0. The second-order valence-corrected chi connectivity index (χ2v) is 4.90. The minimum Gasteiger partial charge on any atom is -0.377 e. The molecule has 0 fully saturated rings. The van der Waals surface area contributed by atoms with E-state index < -0.39 is 11.7 Å². The molecule has 1 aromatic rings. The average Bonchev–Trinajstić information content (AvgIpc) is 2.53. The Hall–Kier alpha value is -1.82. The number of hydrogen-bond donors (Lipinski definition) is 0. The quantitative estimate of drug-likeness (QED) is 0.675. The van der Waals surface area contributed by atoms with Gasteiger partial charge in [0.15, 0.2) is 5.78 Å². The molecular formula is C17H22F3NO2. The predicted molar refractivity (Wildman–Crippen MR) is 83.8 cm³/mol. The third-order valence-electron chi connectivity index (χ3n) is 3.36. The number of ketones is 1. The van der Waals surface area contributed by atoms with Gasteiger partial charge < -0.3 is 9.64 Å². The standard InChI is InChI=1S/C17H22F3NO2/c1-4-21(5-2)11-15(16(22)12-23-6-3)13-8-7-9-14(10-13)17(18,19)20/h7-11H,4-6,12H2,1-3H3. The first kappa shape index (κ1) is 19.2. The van der Waals surface area contributed by atoms with Gasteiger partial charge >= 0.3 is 6.18 Å². The highest BCUT2D eigenvalue weighted by Gasteiger charge is 2.31. The zero-order chi connectivity index (χ0) is 17.5. The van der Waals surface area contributed by atoms with E-state index in [1.165, 1.54) is 12.1 Å². The summed E-state index contributed by atoms with van der Waals surface area (Å²) in [5.41, 5.74) is -0.297. The molecule has 0 aliphatic carbocycles. The number of ether oxygens (including phenoxy) is 1. The second kappa shape index (κ2) is 8.72. The molecular weight excluding hydrogens is 307 g/mol. The lowest BCUT2D eigenvalue weighted by molar-refractivity contribution is -0.137. The molecule has 128 valence electrons. The first-order valence-corrected chi connectivity index (χ1v) is 7.57. The van der Waals surface area contributed by atoms with E-state index in [9.17, 15) is 18.0 Å². The van der Waals surface area contributed by atoms with E-state index in [-0.39, 0.29) is 23.5 Å². The van der Waals surface area contributed by atoms with E-state index >= 15 is 0 Å². The predicted octanol–water partition coefficient (Wildman–Crippen LogP) is 3.99. The molecule has 0 spiro atoms. The Labute approximate surface area is 134 Å². The largest absolute Gasteiger partial charge is 0.416 e. The van der Waals surface area contributed by atoms with Crippen LogP contribution in [0.4, 0.5) is 13.2 Å². The van der Waals surface area contributed by atoms with Gasteiger partial charge in [0, 0.05) is 31.5 Å². The highest BCUT2D eigenvalue weighted by Crippen LogP contribution is 2.31. The topological polar surface area (TPSA) is 29.5 Å². The molecule has 0 aliphatic heterocycles. The van der Waals surface area contributed by atoms with Crippen LogP contribution in [0.2, 0.25) is 0 Å². The molecule has 23 heavy (non-hydrogen) atoms. The van der Waals surface area contributed by atoms with E-state index in [1.807, 2.05) is 18.7 Å². The maximum Gasteiger partial charge on any atom is 0.416 e. The molecule has 0 radical (unpaired) electrons. The Kier molecular flexibility index (Phi) is 7.29. The summed E-state index contributed by atoms with van der Waals surface area (Å²) < 4.78 is 43.8. The summed E-state index contributed by atoms with van der Waals surface area (Å²) in [6, 6.07) is 4.81. The second-order valence-electron chi connectivity index (χ2n) is 4.90. The molecule has 0 unspecified atom stereocenters. The first-order chi connectivity index (χ1) is 10.8. The number of Topliss-reactive ketones (excluding diaryl/α,β-unsaturated/α-hetero) is 1. The number of carbonyl (C=O) groups excluding carboxylic acids is 1. The lowest BCUT2D eigenvalue weighted by Crippen LogP contribution is -2.20. The molecule has 0 aliphatic rings. The lowest BCUT2D eigenvalue weighted by atomic mass is 10.00. The third-order valence-corrected chi connectivity index (χ3v) is 3.36. The van der Waals surface area contributed by atoms with Crippen molar-refractivity contribution in [3.05, 3.63) is 41.6 Å². The van der Waals surface area contributed by atoms with Crippen LogP contribution < -0.4 is 0 Å². The fourth-order valence-electron chi connectivity index (χ4n) is 2.03. The highest BCUT2D eigenvalue weighted by atomic mass is 19.4. The smallest absolute Gasteiger partial charge is 0.377 e. The average molecular weight is 329 g/mol. The highest BCUT2D eigenvalue weighted by molar-refractivity contribution is 6.21. The molecule has 0 amide bonds. The van der Waals surface area contributed by atoms with Crippen LogP contribution in [0.25, 0.3) is 5.57 Å². The molecule has 0 saturated carbocycles. The van der Waals surface area contributed by atoms with Gasteiger partial charge in [-0.05, 0) is 38.5 Å². The third kappa shape index (κ3) is 5.71. The minimum atomic E-state index is -4.45. The van der Waals surface area contributed by atoms with Gasteiger partial charge in [0.25, 0.3) is 0 Å². The van der Waals surface area contributed by atoms with E-state index in [0.29, 0.717) is 19.7 Å². The van der Waals surface area contributed by atoms with E-state index in [2.05, 4.69) is 0 Å². The van der Waals surface area contributed by atoms with Gasteiger partial charge in [0.1, 0.15) is 6.61 Å². The molecule has 3 nitrogen and oxygen atoms in total. The van der Waals surface area contributed by atoms with Gasteiger partial charge in [0.05, 0.1) is 5.56 Å². The monoisotopic (exact) mass is 329 g/mol. The maximum absolute atomic E-state index is 12.9. The zero-order valence-electron chi connectivity index (χ0n) is 13.6. The fourth-order valence-corrected chi connectivity index (χ4v) is 2.03. The van der Waals surface area contributed by atoms with Crippen LogP contribution in [0.1, 0.15) is 31.9 Å². The number of alkyl halides is 3. The van der Waals surface area contributed by atoms with Crippen molar-refractivity contribution < 1.29 is 22.7 Å². The van der Waals surface area contributed by atoms with Crippen molar-refractivity contribution in [2.75, 3.05) is 26.3 Å². The van der Waals surface area contributed by atoms with E-state index in [0.717, 1.165) is 12.1 Å². The number of rotatable bonds is 8. The number of nitrogens with zero attached hydrogens (tertiary/aromatic N) is 1. The van der Waals surface area contributed by atoms with Crippen molar-refractivity contribution in [1.29, 1.82) is 0 Å². The molecule has 6 heteroatoms. The van der Waals surface area contributed by atoms with Crippen molar-refractivity contribution in [3.63, 3.8) is 0 Å². The van der Waals surface area contributed by atoms with Crippen molar-refractivity contribution in [2.45, 2.75) is 26.9 Å². The van der Waals surface area contributed by atoms with Crippen LogP contribution in [-0.4, -0.2) is 37.0 Å². The van der Waals surface area contributed by atoms with Gasteiger partial charge in [-0.2, -0.15) is 13.2 Å². The summed E-state index contributed by atoms with van der Waals surface area (Å²) in [5.74, 6) is -0.335. The minimum absolute atomic E-state index is 0.153. The van der Waals surface area contributed by atoms with Crippen LogP contribution in [0.5, 0.6) is 0 Å². The van der Waals surface area contributed by atoms with Crippen molar-refractivity contribution in [1.82, 2.24) is 4.90 Å². The normalized spacial score (nSPS) is 12.3. The SMILES string of the molecule is CCOCC(=O)C(=CN(CC)CC)c1cccc(C(F)(F)F)c1. The Balaban J connectivity index is 3.26. The van der Waals surface area contributed by atoms with Crippen molar-refractivity contribution in [3.8, 4) is 0 Å². The van der Waals surface area contributed by atoms with Crippen molar-refractivity contribution >= 4 is 11.4 Å². The van der Waals surface area contributed by atoms with Gasteiger partial charge in [0.2, 0.25) is 0 Å². The molecule has 1 rings (SSSR count). The number of benzene rings is 1. The summed E-state index contributed by atoms with van der Waals surface area (Å²) in [7, 11) is 0. The van der Waals surface area contributed by atoms with Gasteiger partial charge in [-0.25, -0.2) is 0 Å². The Bertz CT molecular complexity index is 549. The molecule has 0 saturated heterocycles. The number of hydrogen-bond acceptors (Lipinski definition) is 3. The van der Waals surface area contributed by atoms with Crippen LogP contribution >= 0.6 is 0 Å². The zero-order valence-corrected chi connectivity index (χ0v) is 13.6. The Morgan fingerprint density at radius 2 is 1.87 bits per heavy atom. The Morgan fingerprint density at radius 3 is 2.39 bits per heavy atom. The summed E-state index contributed by atoms with van der Waals surface area (Å²) in [5, 5.41) is 0. The van der Waals surface area contributed by atoms with Crippen LogP contribution in [0.3, 0.4) is 0 Å². The first-order valence-electron chi connectivity index (χ1n) is 7.57. The maximum atomic E-state index is 12.9. The summed E-state index contributed by atoms with van der Waals surface area (Å²) in [6.07, 6.45) is -2.84. The number of carbonyl (C=O) groups is 1. The molecule has 0 aromatic heterocycles. The van der Waals surface area contributed by atoms with Crippen LogP contribution in [-0.2, 0) is 15.7 Å². The molecule has 0 N–H and O–H groups in total. The molecule has 0 bridgehead atoms. The fraction of sp³-hybridized carbons (Fsp3) is 0.471. The molecule has 1 aromatic carbocycles. The van der Waals surface area contributed by atoms with Crippen LogP contribution in [0.15, 0.2) is 30.5 Å². The molecule has 0 heterocycles. The molecule has 0 atom stereocenters. The summed E-state index contributed by atoms with van der Waals surface area (Å²) in [6.45, 7) is 7.10.